The van der Waals surface area contributed by atoms with E-state index in [4.69, 9.17) is 11.6 Å². The number of carbonyl (C=O) groups excluding carboxylic acids is 2. The van der Waals surface area contributed by atoms with E-state index in [1.165, 1.54) is 18.0 Å². The molecule has 3 aromatic carbocycles. The maximum absolute atomic E-state index is 13.4. The first-order chi connectivity index (χ1) is 17.0. The second-order valence-electron chi connectivity index (χ2n) is 9.20. The highest BCUT2D eigenvalue weighted by molar-refractivity contribution is 7.89. The Morgan fingerprint density at radius 3 is 2.25 bits per heavy atom. The van der Waals surface area contributed by atoms with Crippen molar-refractivity contribution in [2.45, 2.75) is 38.3 Å². The molecule has 7 nitrogen and oxygen atoms in total. The van der Waals surface area contributed by atoms with Gasteiger partial charge in [0.2, 0.25) is 21.8 Å². The Bertz CT molecular complexity index is 1340. The Kier molecular flexibility index (Phi) is 9.11. The predicted molar refractivity (Wildman–Crippen MR) is 143 cm³/mol. The predicted octanol–water partition coefficient (Wildman–Crippen LogP) is 4.30. The van der Waals surface area contributed by atoms with E-state index in [0.29, 0.717) is 17.1 Å². The summed E-state index contributed by atoms with van der Waals surface area (Å²) in [6.45, 7) is 5.68. The molecule has 36 heavy (non-hydrogen) atoms. The molecule has 0 unspecified atom stereocenters. The second kappa shape index (κ2) is 11.9. The molecule has 0 saturated carbocycles. The lowest BCUT2D eigenvalue weighted by molar-refractivity contribution is -0.140. The van der Waals surface area contributed by atoms with Gasteiger partial charge in [0, 0.05) is 25.2 Å². The lowest BCUT2D eigenvalue weighted by Gasteiger charge is -2.30. The minimum absolute atomic E-state index is 0.0681. The quantitative estimate of drug-likeness (QED) is 0.424. The normalized spacial score (nSPS) is 12.6. The van der Waals surface area contributed by atoms with Gasteiger partial charge in [-0.3, -0.25) is 9.59 Å². The van der Waals surface area contributed by atoms with E-state index in [-0.39, 0.29) is 23.3 Å². The molecule has 3 aromatic rings. The first kappa shape index (κ1) is 27.6. The van der Waals surface area contributed by atoms with Crippen molar-refractivity contribution in [3.8, 4) is 0 Å². The topological polar surface area (TPSA) is 86.8 Å². The van der Waals surface area contributed by atoms with Crippen LogP contribution in [0.5, 0.6) is 0 Å². The van der Waals surface area contributed by atoms with Crippen molar-refractivity contribution in [3.05, 3.63) is 77.3 Å². The highest BCUT2D eigenvalue weighted by Crippen LogP contribution is 2.22. The zero-order valence-corrected chi connectivity index (χ0v) is 22.5. The van der Waals surface area contributed by atoms with Crippen LogP contribution in [0.4, 0.5) is 0 Å². The van der Waals surface area contributed by atoms with Crippen molar-refractivity contribution in [1.82, 2.24) is 14.5 Å². The molecule has 2 amide bonds. The van der Waals surface area contributed by atoms with Gasteiger partial charge in [0.25, 0.3) is 0 Å². The minimum atomic E-state index is -3.95. The Hall–Kier alpha value is -2.94. The van der Waals surface area contributed by atoms with Gasteiger partial charge in [-0.1, -0.05) is 74.0 Å². The van der Waals surface area contributed by atoms with Crippen LogP contribution in [-0.2, 0) is 26.2 Å². The summed E-state index contributed by atoms with van der Waals surface area (Å²) in [4.78, 5) is 27.7. The van der Waals surface area contributed by atoms with Crippen molar-refractivity contribution in [2.75, 3.05) is 20.1 Å². The summed E-state index contributed by atoms with van der Waals surface area (Å²) in [5, 5.41) is 5.01. The fraction of sp³-hybridized carbons (Fsp3) is 0.333. The Morgan fingerprint density at radius 2 is 1.58 bits per heavy atom. The van der Waals surface area contributed by atoms with E-state index < -0.39 is 28.5 Å². The summed E-state index contributed by atoms with van der Waals surface area (Å²) in [7, 11) is -2.59. The number of likely N-dealkylation sites (N-methyl/N-ethyl adjacent to an activating group) is 1. The third-order valence-corrected chi connectivity index (χ3v) is 8.11. The van der Waals surface area contributed by atoms with Crippen molar-refractivity contribution < 1.29 is 18.0 Å². The van der Waals surface area contributed by atoms with Crippen LogP contribution >= 0.6 is 11.6 Å². The molecule has 0 saturated heterocycles. The van der Waals surface area contributed by atoms with Crippen LogP contribution in [0.3, 0.4) is 0 Å². The fourth-order valence-corrected chi connectivity index (χ4v) is 5.07. The Balaban J connectivity index is 1.84. The highest BCUT2D eigenvalue weighted by atomic mass is 35.5. The molecule has 0 aliphatic heterocycles. The van der Waals surface area contributed by atoms with Crippen molar-refractivity contribution in [2.24, 2.45) is 5.92 Å². The first-order valence-electron chi connectivity index (χ1n) is 11.8. The number of hydrogen-bond acceptors (Lipinski definition) is 4. The van der Waals surface area contributed by atoms with Crippen LogP contribution in [0, 0.1) is 5.92 Å². The summed E-state index contributed by atoms with van der Waals surface area (Å²) in [5.41, 5.74) is 0.663. The minimum Gasteiger partial charge on any atom is -0.354 e. The molecule has 0 fully saturated rings. The smallest absolute Gasteiger partial charge is 0.243 e. The molecule has 1 N–H and O–H groups in total. The number of benzene rings is 3. The van der Waals surface area contributed by atoms with E-state index in [9.17, 15) is 18.0 Å². The number of hydrogen-bond donors (Lipinski definition) is 1. The summed E-state index contributed by atoms with van der Waals surface area (Å²) < 4.78 is 27.6. The van der Waals surface area contributed by atoms with Crippen LogP contribution in [-0.4, -0.2) is 55.6 Å². The maximum Gasteiger partial charge on any atom is 0.243 e. The van der Waals surface area contributed by atoms with Gasteiger partial charge in [-0.2, -0.15) is 4.31 Å². The van der Waals surface area contributed by atoms with Gasteiger partial charge >= 0.3 is 0 Å². The van der Waals surface area contributed by atoms with Crippen molar-refractivity contribution in [3.63, 3.8) is 0 Å². The van der Waals surface area contributed by atoms with Crippen molar-refractivity contribution >= 4 is 44.2 Å². The molecule has 0 radical (unpaired) electrons. The van der Waals surface area contributed by atoms with E-state index in [0.717, 1.165) is 15.1 Å². The lowest BCUT2D eigenvalue weighted by Crippen LogP contribution is -2.51. The van der Waals surface area contributed by atoms with E-state index in [1.54, 1.807) is 43.3 Å². The third kappa shape index (κ3) is 6.63. The molecule has 0 aliphatic carbocycles. The molecular weight excluding hydrogens is 498 g/mol. The molecule has 1 atom stereocenters. The van der Waals surface area contributed by atoms with E-state index in [1.807, 2.05) is 38.1 Å². The largest absolute Gasteiger partial charge is 0.354 e. The zero-order chi connectivity index (χ0) is 26.5. The molecule has 192 valence electrons. The van der Waals surface area contributed by atoms with Crippen LogP contribution in [0.15, 0.2) is 71.6 Å². The zero-order valence-electron chi connectivity index (χ0n) is 20.9. The Morgan fingerprint density at radius 1 is 0.944 bits per heavy atom. The number of halogens is 1. The van der Waals surface area contributed by atoms with Gasteiger partial charge in [0.1, 0.15) is 6.04 Å². The average molecular weight is 530 g/mol. The molecule has 0 spiro atoms. The van der Waals surface area contributed by atoms with E-state index in [2.05, 4.69) is 5.32 Å². The molecule has 0 aromatic heterocycles. The monoisotopic (exact) mass is 529 g/mol. The third-order valence-electron chi connectivity index (χ3n) is 5.94. The van der Waals surface area contributed by atoms with Gasteiger partial charge in [-0.15, -0.1) is 0 Å². The van der Waals surface area contributed by atoms with Gasteiger partial charge in [0.15, 0.2) is 0 Å². The standard InChI is InChI=1S/C27H32ClN3O4S/c1-19(2)16-29-27(33)20(3)31(17-23-11-7-8-12-25(23)28)26(32)18-30(4)36(34,35)24-14-13-21-9-5-6-10-22(21)15-24/h5-15,19-20H,16-18H2,1-4H3,(H,29,33)/t20-/m1/s1. The second-order valence-corrected chi connectivity index (χ2v) is 11.7. The molecule has 3 rings (SSSR count). The SMILES string of the molecule is CC(C)CNC(=O)[C@@H](C)N(Cc1ccccc1Cl)C(=O)CN(C)S(=O)(=O)c1ccc2ccccc2c1. The summed E-state index contributed by atoms with van der Waals surface area (Å²) >= 11 is 6.32. The molecule has 0 heterocycles. The van der Waals surface area contributed by atoms with Crippen LogP contribution in [0.2, 0.25) is 5.02 Å². The number of sulfonamides is 1. The molecule has 0 bridgehead atoms. The molecule has 0 aliphatic rings. The molecule has 9 heteroatoms. The van der Waals surface area contributed by atoms with Crippen molar-refractivity contribution in [1.29, 1.82) is 0 Å². The lowest BCUT2D eigenvalue weighted by atomic mass is 10.1. The summed E-state index contributed by atoms with van der Waals surface area (Å²) in [5.74, 6) is -0.578. The van der Waals surface area contributed by atoms with Gasteiger partial charge < -0.3 is 10.2 Å². The van der Waals surface area contributed by atoms with Gasteiger partial charge in [-0.25, -0.2) is 8.42 Å². The summed E-state index contributed by atoms with van der Waals surface area (Å²) in [6.07, 6.45) is 0. The fourth-order valence-electron chi connectivity index (χ4n) is 3.72. The number of amides is 2. The molecular formula is C27H32ClN3O4S. The summed E-state index contributed by atoms with van der Waals surface area (Å²) in [6, 6.07) is 18.5. The number of rotatable bonds is 10. The van der Waals surface area contributed by atoms with Gasteiger partial charge in [0.05, 0.1) is 11.4 Å². The highest BCUT2D eigenvalue weighted by Gasteiger charge is 2.30. The number of nitrogens with zero attached hydrogens (tertiary/aromatic N) is 2. The number of nitrogens with one attached hydrogen (secondary N) is 1. The first-order valence-corrected chi connectivity index (χ1v) is 13.6. The maximum atomic E-state index is 13.4. The van der Waals surface area contributed by atoms with Crippen LogP contribution in [0.1, 0.15) is 26.3 Å². The van der Waals surface area contributed by atoms with Crippen LogP contribution < -0.4 is 5.32 Å². The Labute approximate surface area is 218 Å². The van der Waals surface area contributed by atoms with Crippen LogP contribution in [0.25, 0.3) is 10.8 Å². The van der Waals surface area contributed by atoms with E-state index >= 15 is 0 Å². The average Bonchev–Trinajstić information content (AvgIpc) is 2.85. The number of fused-ring (bicyclic) bond motifs is 1. The van der Waals surface area contributed by atoms with Gasteiger partial charge in [-0.05, 0) is 47.4 Å². The number of carbonyl (C=O) groups is 2.